The van der Waals surface area contributed by atoms with Crippen LogP contribution in [0.1, 0.15) is 16.3 Å². The van der Waals surface area contributed by atoms with Crippen LogP contribution >= 0.6 is 11.3 Å². The fourth-order valence-electron chi connectivity index (χ4n) is 1.81. The lowest BCUT2D eigenvalue weighted by atomic mass is 10.1. The van der Waals surface area contributed by atoms with Crippen molar-refractivity contribution in [3.63, 3.8) is 0 Å². The van der Waals surface area contributed by atoms with Crippen molar-refractivity contribution in [1.82, 2.24) is 10.1 Å². The Morgan fingerprint density at radius 1 is 1.29 bits per heavy atom. The summed E-state index contributed by atoms with van der Waals surface area (Å²) < 4.78 is 5.20. The molecular formula is C16H11N3OS. The van der Waals surface area contributed by atoms with Crippen LogP contribution in [0.4, 0.5) is 0 Å². The van der Waals surface area contributed by atoms with Gasteiger partial charge in [-0.05, 0) is 24.4 Å². The maximum absolute atomic E-state index is 9.25. The first-order valence-electron chi connectivity index (χ1n) is 6.33. The Labute approximate surface area is 126 Å². The van der Waals surface area contributed by atoms with E-state index in [2.05, 4.69) is 16.2 Å². The second-order valence-corrected chi connectivity index (χ2v) is 5.45. The number of hydrogen-bond donors (Lipinski definition) is 0. The first-order chi connectivity index (χ1) is 10.3. The average Bonchev–Trinajstić information content (AvgIpc) is 3.17. The van der Waals surface area contributed by atoms with Gasteiger partial charge in [0.2, 0.25) is 5.82 Å². The Hall–Kier alpha value is -2.71. The molecule has 0 saturated carbocycles. The monoisotopic (exact) mass is 293 g/mol. The van der Waals surface area contributed by atoms with Gasteiger partial charge in [-0.3, -0.25) is 0 Å². The Balaban J connectivity index is 1.94. The molecule has 0 unspecified atom stereocenters. The van der Waals surface area contributed by atoms with E-state index >= 15 is 0 Å². The molecule has 0 amide bonds. The second kappa shape index (κ2) is 5.73. The lowest BCUT2D eigenvalue weighted by molar-refractivity contribution is 0.409. The molecule has 21 heavy (non-hydrogen) atoms. The van der Waals surface area contributed by atoms with E-state index in [4.69, 9.17) is 4.52 Å². The number of nitriles is 1. The van der Waals surface area contributed by atoms with E-state index in [-0.39, 0.29) is 5.89 Å². The summed E-state index contributed by atoms with van der Waals surface area (Å²) in [5.74, 6) is 0.721. The van der Waals surface area contributed by atoms with Crippen molar-refractivity contribution in [1.29, 1.82) is 5.26 Å². The predicted molar refractivity (Wildman–Crippen MR) is 82.3 cm³/mol. The summed E-state index contributed by atoms with van der Waals surface area (Å²) in [4.78, 5) is 5.27. The lowest BCUT2D eigenvalue weighted by Crippen LogP contribution is -1.83. The van der Waals surface area contributed by atoms with Crippen molar-refractivity contribution >= 4 is 23.0 Å². The number of rotatable bonds is 3. The average molecular weight is 293 g/mol. The van der Waals surface area contributed by atoms with E-state index in [0.29, 0.717) is 11.4 Å². The number of aromatic nitrogens is 2. The van der Waals surface area contributed by atoms with Gasteiger partial charge >= 0.3 is 0 Å². The quantitative estimate of drug-likeness (QED) is 0.680. The topological polar surface area (TPSA) is 62.7 Å². The minimum absolute atomic E-state index is 0.237. The van der Waals surface area contributed by atoms with Crippen molar-refractivity contribution in [3.8, 4) is 17.5 Å². The Morgan fingerprint density at radius 2 is 2.10 bits per heavy atom. The summed E-state index contributed by atoms with van der Waals surface area (Å²) in [6.07, 6.45) is 1.75. The fraction of sp³-hybridized carbons (Fsp3) is 0.0625. The van der Waals surface area contributed by atoms with Gasteiger partial charge in [0.1, 0.15) is 11.6 Å². The van der Waals surface area contributed by atoms with Gasteiger partial charge in [0.15, 0.2) is 0 Å². The fourth-order valence-corrected chi connectivity index (χ4v) is 2.47. The van der Waals surface area contributed by atoms with E-state index in [9.17, 15) is 5.26 Å². The highest BCUT2D eigenvalue weighted by atomic mass is 32.1. The molecule has 0 aliphatic carbocycles. The van der Waals surface area contributed by atoms with Crippen molar-refractivity contribution < 1.29 is 4.52 Å². The molecule has 0 radical (unpaired) electrons. The highest BCUT2D eigenvalue weighted by Gasteiger charge is 2.13. The van der Waals surface area contributed by atoms with Gasteiger partial charge in [-0.25, -0.2) is 0 Å². The van der Waals surface area contributed by atoms with Gasteiger partial charge in [-0.15, -0.1) is 11.3 Å². The third kappa shape index (κ3) is 2.91. The molecule has 3 rings (SSSR count). The molecule has 5 heteroatoms. The highest BCUT2D eigenvalue weighted by Crippen LogP contribution is 2.22. The zero-order valence-corrected chi connectivity index (χ0v) is 12.1. The Kier molecular flexibility index (Phi) is 3.63. The maximum atomic E-state index is 9.25. The smallest absolute Gasteiger partial charge is 0.268 e. The molecule has 0 N–H and O–H groups in total. The van der Waals surface area contributed by atoms with Crippen molar-refractivity contribution in [2.75, 3.05) is 0 Å². The number of thiophene rings is 1. The van der Waals surface area contributed by atoms with Crippen LogP contribution in [0.3, 0.4) is 0 Å². The molecule has 0 bridgehead atoms. The zero-order valence-electron chi connectivity index (χ0n) is 11.3. The van der Waals surface area contributed by atoms with Gasteiger partial charge in [-0.1, -0.05) is 41.1 Å². The van der Waals surface area contributed by atoms with Gasteiger partial charge in [0, 0.05) is 10.4 Å². The zero-order chi connectivity index (χ0) is 14.7. The number of hydrogen-bond acceptors (Lipinski definition) is 5. The van der Waals surface area contributed by atoms with Crippen LogP contribution < -0.4 is 0 Å². The van der Waals surface area contributed by atoms with Gasteiger partial charge < -0.3 is 4.52 Å². The van der Waals surface area contributed by atoms with Crippen LogP contribution in [0.2, 0.25) is 0 Å². The van der Waals surface area contributed by atoms with Crippen molar-refractivity contribution in [2.24, 2.45) is 0 Å². The van der Waals surface area contributed by atoms with Gasteiger partial charge in [0.25, 0.3) is 5.89 Å². The normalized spacial score (nSPS) is 11.3. The van der Waals surface area contributed by atoms with Crippen LogP contribution in [0.15, 0.2) is 46.3 Å². The molecule has 0 fully saturated rings. The molecule has 1 aromatic carbocycles. The lowest BCUT2D eigenvalue weighted by Gasteiger charge is -1.94. The second-order valence-electron chi connectivity index (χ2n) is 4.47. The first kappa shape index (κ1) is 13.3. The van der Waals surface area contributed by atoms with Crippen LogP contribution in [-0.4, -0.2) is 10.1 Å². The highest BCUT2D eigenvalue weighted by molar-refractivity contribution is 7.10. The molecule has 4 nitrogen and oxygen atoms in total. The minimum atomic E-state index is 0.237. The Bertz CT molecular complexity index is 808. The third-order valence-electron chi connectivity index (χ3n) is 2.92. The third-order valence-corrected chi connectivity index (χ3v) is 3.74. The van der Waals surface area contributed by atoms with E-state index in [0.717, 1.165) is 16.0 Å². The molecular weight excluding hydrogens is 282 g/mol. The molecule has 0 aliphatic rings. The largest absolute Gasteiger partial charge is 0.333 e. The molecule has 0 spiro atoms. The van der Waals surface area contributed by atoms with Crippen LogP contribution in [0.25, 0.3) is 23.0 Å². The number of benzene rings is 1. The molecule has 0 saturated heterocycles. The summed E-state index contributed by atoms with van der Waals surface area (Å²) >= 11 is 1.55. The predicted octanol–water partition coefficient (Wildman–Crippen LogP) is 4.17. The maximum Gasteiger partial charge on any atom is 0.268 e. The number of nitrogens with zero attached hydrogens (tertiary/aromatic N) is 3. The molecule has 2 heterocycles. The van der Waals surface area contributed by atoms with Crippen LogP contribution in [-0.2, 0) is 0 Å². The van der Waals surface area contributed by atoms with Crippen LogP contribution in [0.5, 0.6) is 0 Å². The van der Waals surface area contributed by atoms with E-state index in [1.807, 2.05) is 48.7 Å². The molecule has 102 valence electrons. The summed E-state index contributed by atoms with van der Waals surface area (Å²) in [6.45, 7) is 2.02. The Morgan fingerprint density at radius 3 is 2.76 bits per heavy atom. The van der Waals surface area contributed by atoms with Crippen molar-refractivity contribution in [2.45, 2.75) is 6.92 Å². The summed E-state index contributed by atoms with van der Waals surface area (Å²) in [7, 11) is 0. The molecule has 0 atom stereocenters. The van der Waals surface area contributed by atoms with Gasteiger partial charge in [0.05, 0.1) is 0 Å². The molecule has 0 aliphatic heterocycles. The minimum Gasteiger partial charge on any atom is -0.333 e. The summed E-state index contributed by atoms with van der Waals surface area (Å²) in [5.41, 5.74) is 2.39. The summed E-state index contributed by atoms with van der Waals surface area (Å²) in [5, 5.41) is 15.1. The van der Waals surface area contributed by atoms with Crippen molar-refractivity contribution in [3.05, 3.63) is 58.1 Å². The van der Waals surface area contributed by atoms with Gasteiger partial charge in [-0.2, -0.15) is 10.2 Å². The SMILES string of the molecule is Cc1ccc(-c2noc(/C(C#N)=C/c3cccs3)n2)cc1. The molecule has 3 aromatic rings. The summed E-state index contributed by atoms with van der Waals surface area (Å²) in [6, 6.07) is 13.8. The number of allylic oxidation sites excluding steroid dienone is 1. The van der Waals surface area contributed by atoms with Crippen LogP contribution in [0, 0.1) is 18.3 Å². The van der Waals surface area contributed by atoms with E-state index in [1.165, 1.54) is 0 Å². The van der Waals surface area contributed by atoms with E-state index < -0.39 is 0 Å². The molecule has 2 aromatic heterocycles. The van der Waals surface area contributed by atoms with E-state index in [1.54, 1.807) is 17.4 Å². The first-order valence-corrected chi connectivity index (χ1v) is 7.20. The number of aryl methyl sites for hydroxylation is 1. The standard InChI is InChI=1S/C16H11N3OS/c1-11-4-6-12(7-5-11)15-18-16(20-19-15)13(10-17)9-14-3-2-8-21-14/h2-9H,1H3/b13-9+.